The molecule has 1 unspecified atom stereocenters. The maximum absolute atomic E-state index is 13.4. The topological polar surface area (TPSA) is 41.1 Å². The summed E-state index contributed by atoms with van der Waals surface area (Å²) in [4.78, 5) is 12.2. The van der Waals surface area contributed by atoms with Crippen molar-refractivity contribution in [3.63, 3.8) is 0 Å². The lowest BCUT2D eigenvalue weighted by atomic mass is 10.1. The summed E-state index contributed by atoms with van der Waals surface area (Å²) in [5, 5.41) is 5.89. The Morgan fingerprint density at radius 2 is 2.10 bits per heavy atom. The van der Waals surface area contributed by atoms with Crippen molar-refractivity contribution < 1.29 is 9.18 Å². The van der Waals surface area contributed by atoms with Gasteiger partial charge in [0.15, 0.2) is 0 Å². The summed E-state index contributed by atoms with van der Waals surface area (Å²) in [5.41, 5.74) is 2.55. The highest BCUT2D eigenvalue weighted by Crippen LogP contribution is 2.26. The van der Waals surface area contributed by atoms with Crippen LogP contribution in [0.25, 0.3) is 0 Å². The molecule has 0 fully saturated rings. The highest BCUT2D eigenvalue weighted by atomic mass is 79.9. The van der Waals surface area contributed by atoms with Crippen molar-refractivity contribution in [1.82, 2.24) is 0 Å². The standard InChI is InChI=1S/C15H12BrFN2O/c16-11-6-5-10(8-12(11)17)18-15(20)14-7-9-3-1-2-4-13(9)19-14/h1-6,8,14,19H,7H2,(H,18,20). The Hall–Kier alpha value is -1.88. The van der Waals surface area contributed by atoms with Crippen molar-refractivity contribution in [3.05, 3.63) is 58.3 Å². The molecule has 0 saturated heterocycles. The van der Waals surface area contributed by atoms with Crippen LogP contribution in [0, 0.1) is 5.82 Å². The van der Waals surface area contributed by atoms with E-state index in [2.05, 4.69) is 26.6 Å². The van der Waals surface area contributed by atoms with Gasteiger partial charge in [-0.3, -0.25) is 4.79 Å². The van der Waals surface area contributed by atoms with Crippen LogP contribution in [-0.4, -0.2) is 11.9 Å². The number of benzene rings is 2. The molecule has 0 bridgehead atoms. The number of halogens is 2. The number of nitrogens with one attached hydrogen (secondary N) is 2. The third-order valence-electron chi connectivity index (χ3n) is 3.27. The Bertz CT molecular complexity index is 650. The molecule has 3 nitrogen and oxygen atoms in total. The van der Waals surface area contributed by atoms with Gasteiger partial charge < -0.3 is 10.6 Å². The van der Waals surface area contributed by atoms with Gasteiger partial charge in [0.05, 0.1) is 4.47 Å². The van der Waals surface area contributed by atoms with Crippen molar-refractivity contribution in [2.75, 3.05) is 10.6 Å². The van der Waals surface area contributed by atoms with Crippen LogP contribution in [-0.2, 0) is 11.2 Å². The smallest absolute Gasteiger partial charge is 0.247 e. The summed E-state index contributed by atoms with van der Waals surface area (Å²) < 4.78 is 13.8. The lowest BCUT2D eigenvalue weighted by molar-refractivity contribution is -0.116. The zero-order chi connectivity index (χ0) is 14.1. The number of hydrogen-bond donors (Lipinski definition) is 2. The molecule has 0 spiro atoms. The first kappa shape index (κ1) is 13.1. The summed E-state index contributed by atoms with van der Waals surface area (Å²) >= 11 is 3.08. The molecule has 0 saturated carbocycles. The van der Waals surface area contributed by atoms with E-state index in [9.17, 15) is 9.18 Å². The van der Waals surface area contributed by atoms with Crippen LogP contribution in [0.3, 0.4) is 0 Å². The largest absolute Gasteiger partial charge is 0.373 e. The van der Waals surface area contributed by atoms with Crippen LogP contribution in [0.1, 0.15) is 5.56 Å². The molecule has 1 aliphatic heterocycles. The minimum atomic E-state index is -0.398. The molecule has 0 aromatic heterocycles. The molecule has 1 heterocycles. The fourth-order valence-corrected chi connectivity index (χ4v) is 2.51. The third-order valence-corrected chi connectivity index (χ3v) is 3.92. The minimum Gasteiger partial charge on any atom is -0.373 e. The van der Waals surface area contributed by atoms with Gasteiger partial charge in [-0.05, 0) is 45.8 Å². The number of carbonyl (C=O) groups is 1. The van der Waals surface area contributed by atoms with Gasteiger partial charge in [0.1, 0.15) is 11.9 Å². The SMILES string of the molecule is O=C(Nc1ccc(Br)c(F)c1)C1Cc2ccccc2N1. The number of fused-ring (bicyclic) bond motifs is 1. The van der Waals surface area contributed by atoms with Crippen molar-refractivity contribution in [2.45, 2.75) is 12.5 Å². The Balaban J connectivity index is 1.71. The van der Waals surface area contributed by atoms with Crippen molar-refractivity contribution in [3.8, 4) is 0 Å². The third kappa shape index (κ3) is 2.54. The van der Waals surface area contributed by atoms with Gasteiger partial charge in [0.2, 0.25) is 5.91 Å². The van der Waals surface area contributed by atoms with Gasteiger partial charge in [0, 0.05) is 17.8 Å². The monoisotopic (exact) mass is 334 g/mol. The molecule has 5 heteroatoms. The molecule has 0 radical (unpaired) electrons. The summed E-state index contributed by atoms with van der Waals surface area (Å²) in [5.74, 6) is -0.562. The molecule has 0 aliphatic carbocycles. The van der Waals surface area contributed by atoms with E-state index in [4.69, 9.17) is 0 Å². The summed E-state index contributed by atoms with van der Waals surface area (Å²) in [6, 6.07) is 12.0. The molecule has 1 atom stereocenters. The Morgan fingerprint density at radius 3 is 2.85 bits per heavy atom. The van der Waals surface area contributed by atoms with E-state index in [0.29, 0.717) is 16.6 Å². The van der Waals surface area contributed by atoms with Crippen LogP contribution in [0.15, 0.2) is 46.9 Å². The predicted octanol–water partition coefficient (Wildman–Crippen LogP) is 3.56. The maximum Gasteiger partial charge on any atom is 0.247 e. The quantitative estimate of drug-likeness (QED) is 0.881. The number of carbonyl (C=O) groups excluding carboxylic acids is 1. The van der Waals surface area contributed by atoms with E-state index in [-0.39, 0.29) is 11.9 Å². The van der Waals surface area contributed by atoms with Crippen LogP contribution in [0.2, 0.25) is 0 Å². The van der Waals surface area contributed by atoms with E-state index >= 15 is 0 Å². The first-order valence-corrected chi connectivity index (χ1v) is 7.03. The predicted molar refractivity (Wildman–Crippen MR) is 80.3 cm³/mol. The molecule has 2 aromatic rings. The summed E-state index contributed by atoms with van der Waals surface area (Å²) in [7, 11) is 0. The second-order valence-corrected chi connectivity index (χ2v) is 5.53. The zero-order valence-electron chi connectivity index (χ0n) is 10.5. The molecule has 2 N–H and O–H groups in total. The number of para-hydroxylation sites is 1. The van der Waals surface area contributed by atoms with E-state index < -0.39 is 5.82 Å². The van der Waals surface area contributed by atoms with Crippen molar-refractivity contribution in [1.29, 1.82) is 0 Å². The maximum atomic E-state index is 13.4. The van der Waals surface area contributed by atoms with Crippen LogP contribution in [0.5, 0.6) is 0 Å². The second kappa shape index (κ2) is 5.25. The van der Waals surface area contributed by atoms with E-state index in [0.717, 1.165) is 11.3 Å². The normalized spacial score (nSPS) is 16.4. The Labute approximate surface area is 124 Å². The van der Waals surface area contributed by atoms with Gasteiger partial charge in [-0.25, -0.2) is 4.39 Å². The molecular weight excluding hydrogens is 323 g/mol. The van der Waals surface area contributed by atoms with Crippen molar-refractivity contribution >= 4 is 33.2 Å². The average molecular weight is 335 g/mol. The molecule has 1 amide bonds. The highest BCUT2D eigenvalue weighted by Gasteiger charge is 2.26. The van der Waals surface area contributed by atoms with Crippen molar-refractivity contribution in [2.24, 2.45) is 0 Å². The molecule has 20 heavy (non-hydrogen) atoms. The lowest BCUT2D eigenvalue weighted by Crippen LogP contribution is -2.32. The molecule has 3 rings (SSSR count). The minimum absolute atomic E-state index is 0.164. The van der Waals surface area contributed by atoms with Crippen LogP contribution >= 0.6 is 15.9 Å². The Kier molecular flexibility index (Phi) is 3.44. The number of amides is 1. The van der Waals surface area contributed by atoms with E-state index in [1.807, 2.05) is 24.3 Å². The second-order valence-electron chi connectivity index (χ2n) is 4.68. The van der Waals surface area contributed by atoms with E-state index in [1.165, 1.54) is 6.07 Å². The molecular formula is C15H12BrFN2O. The van der Waals surface area contributed by atoms with Gasteiger partial charge in [-0.2, -0.15) is 0 Å². The average Bonchev–Trinajstić information content (AvgIpc) is 2.87. The van der Waals surface area contributed by atoms with Gasteiger partial charge in [-0.15, -0.1) is 0 Å². The van der Waals surface area contributed by atoms with Gasteiger partial charge in [-0.1, -0.05) is 18.2 Å². The summed E-state index contributed by atoms with van der Waals surface area (Å²) in [6.07, 6.45) is 0.640. The van der Waals surface area contributed by atoms with Crippen LogP contribution < -0.4 is 10.6 Å². The fraction of sp³-hybridized carbons (Fsp3) is 0.133. The number of anilines is 2. The Morgan fingerprint density at radius 1 is 1.30 bits per heavy atom. The molecule has 2 aromatic carbocycles. The first-order valence-electron chi connectivity index (χ1n) is 6.24. The van der Waals surface area contributed by atoms with Gasteiger partial charge in [0.25, 0.3) is 0 Å². The van der Waals surface area contributed by atoms with E-state index in [1.54, 1.807) is 12.1 Å². The number of rotatable bonds is 2. The summed E-state index contributed by atoms with van der Waals surface area (Å²) in [6.45, 7) is 0. The van der Waals surface area contributed by atoms with Crippen LogP contribution in [0.4, 0.5) is 15.8 Å². The first-order chi connectivity index (χ1) is 9.63. The zero-order valence-corrected chi connectivity index (χ0v) is 12.1. The fourth-order valence-electron chi connectivity index (χ4n) is 2.26. The lowest BCUT2D eigenvalue weighted by Gasteiger charge is -2.12. The molecule has 102 valence electrons. The van der Waals surface area contributed by atoms with Gasteiger partial charge >= 0.3 is 0 Å². The number of hydrogen-bond acceptors (Lipinski definition) is 2. The highest BCUT2D eigenvalue weighted by molar-refractivity contribution is 9.10. The molecule has 1 aliphatic rings.